The van der Waals surface area contributed by atoms with Crippen LogP contribution in [0.4, 0.5) is 0 Å². The lowest BCUT2D eigenvalue weighted by molar-refractivity contribution is 1.27. The van der Waals surface area contributed by atoms with Crippen molar-refractivity contribution in [3.05, 3.63) is 0 Å². The molecule has 0 rings (SSSR count). The molecule has 0 aliphatic heterocycles. The Morgan fingerprint density at radius 3 is 2.50 bits per heavy atom. The SMILES string of the molecule is N#CC(Br)CCl. The topological polar surface area (TPSA) is 23.8 Å². The highest BCUT2D eigenvalue weighted by atomic mass is 79.9. The molecule has 0 aliphatic carbocycles. The second-order valence-electron chi connectivity index (χ2n) is 0.751. The summed E-state index contributed by atoms with van der Waals surface area (Å²) in [6, 6.07) is 1.90. The molecule has 0 aromatic carbocycles. The first-order valence-corrected chi connectivity index (χ1v) is 2.86. The van der Waals surface area contributed by atoms with E-state index in [4.69, 9.17) is 16.9 Å². The van der Waals surface area contributed by atoms with Gasteiger partial charge in [0, 0.05) is 5.88 Å². The maximum atomic E-state index is 7.95. The normalized spacial score (nSPS) is 12.8. The van der Waals surface area contributed by atoms with Gasteiger partial charge in [0.05, 0.1) is 6.07 Å². The van der Waals surface area contributed by atoms with Crippen LogP contribution in [0.1, 0.15) is 0 Å². The molecule has 0 aliphatic rings. The predicted octanol–water partition coefficient (Wildman–Crippen LogP) is 1.51. The summed E-state index contributed by atoms with van der Waals surface area (Å²) in [5, 5.41) is 7.95. The molecular formula is C3H3BrClN. The number of hydrogen-bond donors (Lipinski definition) is 0. The standard InChI is InChI=1S/C3H3BrClN/c4-3(1-5)2-6/h3H,1H2. The molecule has 0 saturated heterocycles. The Morgan fingerprint density at radius 1 is 2.00 bits per heavy atom. The first-order chi connectivity index (χ1) is 2.81. The Morgan fingerprint density at radius 2 is 2.50 bits per heavy atom. The number of nitriles is 1. The largest absolute Gasteiger partial charge is 0.197 e. The van der Waals surface area contributed by atoms with E-state index in [9.17, 15) is 0 Å². The smallest absolute Gasteiger partial charge is 0.115 e. The van der Waals surface area contributed by atoms with Crippen LogP contribution in [-0.2, 0) is 0 Å². The molecule has 0 amide bonds. The van der Waals surface area contributed by atoms with Gasteiger partial charge in [-0.3, -0.25) is 0 Å². The van der Waals surface area contributed by atoms with Gasteiger partial charge in [0.2, 0.25) is 0 Å². The number of hydrogen-bond acceptors (Lipinski definition) is 1. The molecule has 1 unspecified atom stereocenters. The molecule has 34 valence electrons. The van der Waals surface area contributed by atoms with Crippen LogP contribution in [0.2, 0.25) is 0 Å². The Kier molecular flexibility index (Phi) is 3.60. The van der Waals surface area contributed by atoms with Gasteiger partial charge in [-0.2, -0.15) is 5.26 Å². The molecule has 1 atom stereocenters. The van der Waals surface area contributed by atoms with Crippen LogP contribution in [0.3, 0.4) is 0 Å². The summed E-state index contributed by atoms with van der Waals surface area (Å²) in [6.45, 7) is 0. The minimum atomic E-state index is -0.181. The predicted molar refractivity (Wildman–Crippen MR) is 29.0 cm³/mol. The van der Waals surface area contributed by atoms with Gasteiger partial charge < -0.3 is 0 Å². The van der Waals surface area contributed by atoms with E-state index >= 15 is 0 Å². The van der Waals surface area contributed by atoms with Crippen molar-refractivity contribution < 1.29 is 0 Å². The second-order valence-corrected chi connectivity index (χ2v) is 2.16. The molecule has 0 spiro atoms. The third-order valence-electron chi connectivity index (χ3n) is 0.276. The first kappa shape index (κ1) is 6.26. The lowest BCUT2D eigenvalue weighted by atomic mass is 10.6. The van der Waals surface area contributed by atoms with E-state index in [1.54, 1.807) is 0 Å². The van der Waals surface area contributed by atoms with E-state index in [0.717, 1.165) is 0 Å². The average Bonchev–Trinajstić information content (AvgIpc) is 1.65. The maximum absolute atomic E-state index is 7.95. The fourth-order valence-corrected chi connectivity index (χ4v) is 0.104. The van der Waals surface area contributed by atoms with E-state index in [1.807, 2.05) is 6.07 Å². The van der Waals surface area contributed by atoms with Crippen molar-refractivity contribution in [3.8, 4) is 6.07 Å². The highest BCUT2D eigenvalue weighted by Gasteiger charge is 1.93. The molecule has 0 N–H and O–H groups in total. The van der Waals surface area contributed by atoms with E-state index in [1.165, 1.54) is 0 Å². The van der Waals surface area contributed by atoms with Gasteiger partial charge in [0.15, 0.2) is 0 Å². The molecule has 0 aromatic heterocycles. The second kappa shape index (κ2) is 3.45. The lowest BCUT2D eigenvalue weighted by Crippen LogP contribution is -1.90. The summed E-state index contributed by atoms with van der Waals surface area (Å²) in [7, 11) is 0. The third kappa shape index (κ3) is 2.49. The molecule has 0 radical (unpaired) electrons. The van der Waals surface area contributed by atoms with Crippen LogP contribution in [0, 0.1) is 11.3 Å². The summed E-state index contributed by atoms with van der Waals surface area (Å²) in [4.78, 5) is -0.181. The van der Waals surface area contributed by atoms with Gasteiger partial charge in [-0.05, 0) is 0 Å². The molecule has 0 bridgehead atoms. The van der Waals surface area contributed by atoms with Gasteiger partial charge in [-0.1, -0.05) is 15.9 Å². The van der Waals surface area contributed by atoms with E-state index in [2.05, 4.69) is 15.9 Å². The molecule has 0 aromatic rings. The molecular weight excluding hydrogens is 165 g/mol. The number of halogens is 2. The Hall–Kier alpha value is 0.260. The lowest BCUT2D eigenvalue weighted by Gasteiger charge is -1.82. The van der Waals surface area contributed by atoms with Crippen molar-refractivity contribution in [2.45, 2.75) is 4.83 Å². The number of nitrogens with zero attached hydrogens (tertiary/aromatic N) is 1. The highest BCUT2D eigenvalue weighted by Crippen LogP contribution is 1.97. The zero-order chi connectivity index (χ0) is 4.99. The minimum Gasteiger partial charge on any atom is -0.197 e. The fraction of sp³-hybridized carbons (Fsp3) is 0.667. The van der Waals surface area contributed by atoms with Crippen molar-refractivity contribution in [2.24, 2.45) is 0 Å². The van der Waals surface area contributed by atoms with Crippen LogP contribution in [0.25, 0.3) is 0 Å². The van der Waals surface area contributed by atoms with Crippen LogP contribution in [0.15, 0.2) is 0 Å². The fourth-order valence-electron chi connectivity index (χ4n) is 0.0345. The van der Waals surface area contributed by atoms with Crippen molar-refractivity contribution >= 4 is 27.5 Å². The zero-order valence-electron chi connectivity index (χ0n) is 2.99. The van der Waals surface area contributed by atoms with E-state index < -0.39 is 0 Å². The van der Waals surface area contributed by atoms with Crippen LogP contribution in [-0.4, -0.2) is 10.7 Å². The number of rotatable bonds is 1. The maximum Gasteiger partial charge on any atom is 0.115 e. The molecule has 3 heteroatoms. The van der Waals surface area contributed by atoms with E-state index in [-0.39, 0.29) is 4.83 Å². The molecule has 0 heterocycles. The van der Waals surface area contributed by atoms with Gasteiger partial charge in [0.25, 0.3) is 0 Å². The Labute approximate surface area is 50.0 Å². The van der Waals surface area contributed by atoms with Crippen molar-refractivity contribution in [1.82, 2.24) is 0 Å². The molecule has 0 fully saturated rings. The highest BCUT2D eigenvalue weighted by molar-refractivity contribution is 9.09. The van der Waals surface area contributed by atoms with Crippen molar-refractivity contribution in [1.29, 1.82) is 5.26 Å². The quantitative estimate of drug-likeness (QED) is 0.545. The van der Waals surface area contributed by atoms with E-state index in [0.29, 0.717) is 5.88 Å². The monoisotopic (exact) mass is 167 g/mol. The van der Waals surface area contributed by atoms with Crippen molar-refractivity contribution in [2.75, 3.05) is 5.88 Å². The molecule has 6 heavy (non-hydrogen) atoms. The summed E-state index contributed by atoms with van der Waals surface area (Å²) in [5.41, 5.74) is 0. The van der Waals surface area contributed by atoms with Gasteiger partial charge >= 0.3 is 0 Å². The van der Waals surface area contributed by atoms with Gasteiger partial charge in [0.1, 0.15) is 4.83 Å². The zero-order valence-corrected chi connectivity index (χ0v) is 5.33. The summed E-state index contributed by atoms with van der Waals surface area (Å²) in [5.74, 6) is 0.358. The van der Waals surface area contributed by atoms with Crippen molar-refractivity contribution in [3.63, 3.8) is 0 Å². The minimum absolute atomic E-state index is 0.181. The molecule has 1 nitrogen and oxygen atoms in total. The summed E-state index contributed by atoms with van der Waals surface area (Å²) < 4.78 is 0. The Balaban J connectivity index is 3.04. The van der Waals surface area contributed by atoms with Crippen LogP contribution < -0.4 is 0 Å². The first-order valence-electron chi connectivity index (χ1n) is 1.41. The number of alkyl halides is 2. The van der Waals surface area contributed by atoms with Gasteiger partial charge in [-0.25, -0.2) is 0 Å². The summed E-state index contributed by atoms with van der Waals surface area (Å²) >= 11 is 8.17. The summed E-state index contributed by atoms with van der Waals surface area (Å²) in [6.07, 6.45) is 0. The third-order valence-corrected chi connectivity index (χ3v) is 1.49. The average molecular weight is 168 g/mol. The van der Waals surface area contributed by atoms with Crippen LogP contribution in [0.5, 0.6) is 0 Å². The van der Waals surface area contributed by atoms with Gasteiger partial charge in [-0.15, -0.1) is 11.6 Å². The molecule has 0 saturated carbocycles. The Bertz CT molecular complexity index is 67.7. The van der Waals surface area contributed by atoms with Crippen LogP contribution >= 0.6 is 27.5 Å².